The lowest BCUT2D eigenvalue weighted by Gasteiger charge is -2.44. The summed E-state index contributed by atoms with van der Waals surface area (Å²) < 4.78 is 57.6. The maximum absolute atomic E-state index is 13.6. The predicted octanol–water partition coefficient (Wildman–Crippen LogP) is 6.24. The van der Waals surface area contributed by atoms with Crippen LogP contribution in [0.15, 0.2) is 68.3 Å². The van der Waals surface area contributed by atoms with E-state index in [0.29, 0.717) is 58.5 Å². The lowest BCUT2D eigenvalue weighted by Crippen LogP contribution is -2.56. The van der Waals surface area contributed by atoms with Gasteiger partial charge in [0.25, 0.3) is 20.0 Å². The van der Waals surface area contributed by atoms with Crippen LogP contribution in [-0.4, -0.2) is 147 Å². The third-order valence-electron chi connectivity index (χ3n) is 14.7. The monoisotopic (exact) mass is 860 g/mol. The van der Waals surface area contributed by atoms with Gasteiger partial charge >= 0.3 is 0 Å². The molecule has 10 rings (SSSR count). The first-order chi connectivity index (χ1) is 28.9. The molecule has 6 fully saturated rings. The van der Waals surface area contributed by atoms with Gasteiger partial charge in [-0.05, 0) is 110 Å². The van der Waals surface area contributed by atoms with E-state index in [1.165, 1.54) is 64.2 Å². The van der Waals surface area contributed by atoms with Crippen molar-refractivity contribution in [3.63, 3.8) is 0 Å². The van der Waals surface area contributed by atoms with Crippen molar-refractivity contribution in [1.82, 2.24) is 28.2 Å². The van der Waals surface area contributed by atoms with Crippen molar-refractivity contribution in [3.05, 3.63) is 59.7 Å². The SMILES string of the molecule is CC(C)c1ccc(S(=O)(=O)N2C[C@@H](C3CC3)N=C2N2CCN(C3CCC3)CC2)cc1.CC(C)c1ccc(S(=O)(=O)N2C[C@H](C3CC3)N=C2N2CCN(C3CCC3)CC2)cc1. The molecule has 0 radical (unpaired) electrons. The highest BCUT2D eigenvalue weighted by Crippen LogP contribution is 2.40. The molecule has 4 saturated carbocycles. The fraction of sp³-hybridized carbons (Fsp3) is 0.696. The largest absolute Gasteiger partial charge is 0.339 e. The smallest absolute Gasteiger partial charge is 0.266 e. The zero-order chi connectivity index (χ0) is 41.8. The fourth-order valence-electron chi connectivity index (χ4n) is 9.75. The molecule has 0 aromatic heterocycles. The molecule has 60 heavy (non-hydrogen) atoms. The van der Waals surface area contributed by atoms with Gasteiger partial charge in [-0.2, -0.15) is 0 Å². The molecule has 12 nitrogen and oxygen atoms in total. The third-order valence-corrected chi connectivity index (χ3v) is 18.2. The molecule has 4 heterocycles. The summed E-state index contributed by atoms with van der Waals surface area (Å²) in [6.07, 6.45) is 12.7. The summed E-state index contributed by atoms with van der Waals surface area (Å²) in [5, 5.41) is 0. The Labute approximate surface area is 360 Å². The predicted molar refractivity (Wildman–Crippen MR) is 238 cm³/mol. The van der Waals surface area contributed by atoms with Crippen LogP contribution in [0.25, 0.3) is 0 Å². The second kappa shape index (κ2) is 17.2. The second-order valence-electron chi connectivity index (χ2n) is 19.4. The average Bonchev–Trinajstić information content (AvgIpc) is 4.15. The molecule has 2 aromatic rings. The van der Waals surface area contributed by atoms with Crippen molar-refractivity contribution in [2.45, 2.75) is 138 Å². The number of sulfonamides is 2. The molecule has 2 atom stereocenters. The zero-order valence-electron chi connectivity index (χ0n) is 36.4. The molecule has 328 valence electrons. The van der Waals surface area contributed by atoms with Crippen LogP contribution in [0.4, 0.5) is 0 Å². The summed E-state index contributed by atoms with van der Waals surface area (Å²) in [5.41, 5.74) is 2.32. The minimum absolute atomic E-state index is 0.120. The second-order valence-corrected chi connectivity index (χ2v) is 23.1. The van der Waals surface area contributed by atoms with E-state index in [4.69, 9.17) is 9.98 Å². The molecule has 0 spiro atoms. The molecule has 14 heteroatoms. The van der Waals surface area contributed by atoms with Crippen LogP contribution in [0.2, 0.25) is 0 Å². The van der Waals surface area contributed by atoms with Crippen molar-refractivity contribution in [1.29, 1.82) is 0 Å². The van der Waals surface area contributed by atoms with Crippen LogP contribution in [0.5, 0.6) is 0 Å². The van der Waals surface area contributed by atoms with Gasteiger partial charge < -0.3 is 9.80 Å². The van der Waals surface area contributed by atoms with Gasteiger partial charge in [-0.3, -0.25) is 9.80 Å². The topological polar surface area (TPSA) is 112 Å². The fourth-order valence-corrected chi connectivity index (χ4v) is 12.7. The lowest BCUT2D eigenvalue weighted by molar-refractivity contribution is 0.0833. The van der Waals surface area contributed by atoms with Gasteiger partial charge in [0.1, 0.15) is 0 Å². The molecule has 2 aromatic carbocycles. The molecule has 4 aliphatic heterocycles. The number of hydrogen-bond acceptors (Lipinski definition) is 10. The number of aliphatic imine (C=N–C) groups is 2. The maximum Gasteiger partial charge on any atom is 0.266 e. The van der Waals surface area contributed by atoms with E-state index in [1.54, 1.807) is 32.9 Å². The normalized spacial score (nSPS) is 26.2. The van der Waals surface area contributed by atoms with Crippen LogP contribution in [0, 0.1) is 11.8 Å². The highest BCUT2D eigenvalue weighted by Gasteiger charge is 2.46. The van der Waals surface area contributed by atoms with Crippen molar-refractivity contribution < 1.29 is 16.8 Å². The third kappa shape index (κ3) is 8.73. The Kier molecular flexibility index (Phi) is 12.1. The number of hydrogen-bond donors (Lipinski definition) is 0. The van der Waals surface area contributed by atoms with E-state index in [9.17, 15) is 16.8 Å². The Morgan fingerprint density at radius 3 is 1.08 bits per heavy atom. The highest BCUT2D eigenvalue weighted by atomic mass is 32.2. The summed E-state index contributed by atoms with van der Waals surface area (Å²) in [7, 11) is -7.19. The quantitative estimate of drug-likeness (QED) is 0.277. The Hall–Kier alpha value is -3.20. The van der Waals surface area contributed by atoms with Crippen LogP contribution in [0.3, 0.4) is 0 Å². The van der Waals surface area contributed by atoms with Gasteiger partial charge in [-0.25, -0.2) is 35.4 Å². The Morgan fingerprint density at radius 2 is 0.817 bits per heavy atom. The molecular formula is C46H68N8O4S2. The number of rotatable bonds is 10. The van der Waals surface area contributed by atoms with E-state index in [2.05, 4.69) is 47.3 Å². The Morgan fingerprint density at radius 1 is 0.483 bits per heavy atom. The maximum atomic E-state index is 13.6. The minimum atomic E-state index is -3.59. The van der Waals surface area contributed by atoms with E-state index in [-0.39, 0.29) is 12.1 Å². The van der Waals surface area contributed by atoms with E-state index in [0.717, 1.165) is 75.6 Å². The van der Waals surface area contributed by atoms with Gasteiger partial charge in [0, 0.05) is 64.4 Å². The van der Waals surface area contributed by atoms with Gasteiger partial charge in [0.05, 0.1) is 35.0 Å². The number of benzene rings is 2. The number of nitrogens with zero attached hydrogens (tertiary/aromatic N) is 8. The Bertz CT molecular complexity index is 1940. The summed E-state index contributed by atoms with van der Waals surface area (Å²) in [6, 6.07) is 16.6. The average molecular weight is 861 g/mol. The first kappa shape index (κ1) is 42.1. The van der Waals surface area contributed by atoms with Crippen LogP contribution in [-0.2, 0) is 20.0 Å². The summed E-state index contributed by atoms with van der Waals surface area (Å²) in [4.78, 5) is 20.3. The molecule has 2 saturated heterocycles. The molecule has 4 aliphatic carbocycles. The lowest BCUT2D eigenvalue weighted by atomic mass is 9.91. The van der Waals surface area contributed by atoms with Crippen LogP contribution >= 0.6 is 0 Å². The van der Waals surface area contributed by atoms with Gasteiger partial charge in [-0.1, -0.05) is 64.8 Å². The van der Waals surface area contributed by atoms with Crippen molar-refractivity contribution in [3.8, 4) is 0 Å². The van der Waals surface area contributed by atoms with E-state index >= 15 is 0 Å². The van der Waals surface area contributed by atoms with Crippen LogP contribution in [0.1, 0.15) is 115 Å². The molecule has 0 N–H and O–H groups in total. The molecule has 0 bridgehead atoms. The van der Waals surface area contributed by atoms with Crippen molar-refractivity contribution in [2.75, 3.05) is 65.4 Å². The molecule has 0 unspecified atom stereocenters. The highest BCUT2D eigenvalue weighted by molar-refractivity contribution is 7.90. The zero-order valence-corrected chi connectivity index (χ0v) is 38.0. The first-order valence-corrected chi connectivity index (χ1v) is 26.1. The van der Waals surface area contributed by atoms with Crippen molar-refractivity contribution in [2.24, 2.45) is 21.8 Å². The summed E-state index contributed by atoms with van der Waals surface area (Å²) in [5.74, 6) is 3.26. The standard InChI is InChI=1S/2C23H34N4O2S/c2*1-17(2)18-8-10-21(11-9-18)30(28,29)27-16-22(19-6-7-19)24-23(27)26-14-12-25(13-15-26)20-4-3-5-20/h2*8-11,17,19-20,22H,3-7,12-16H2,1-2H3/t2*22-/m10/s1. The molecular weight excluding hydrogens is 793 g/mol. The van der Waals surface area contributed by atoms with Crippen molar-refractivity contribution >= 4 is 32.0 Å². The van der Waals surface area contributed by atoms with E-state index < -0.39 is 20.0 Å². The van der Waals surface area contributed by atoms with E-state index in [1.807, 2.05) is 24.3 Å². The molecule has 8 aliphatic rings. The van der Waals surface area contributed by atoms with Gasteiger partial charge in [0.2, 0.25) is 11.9 Å². The summed E-state index contributed by atoms with van der Waals surface area (Å²) in [6.45, 7) is 17.0. The Balaban J connectivity index is 0.000000154. The number of guanidine groups is 2. The minimum Gasteiger partial charge on any atom is -0.339 e. The first-order valence-electron chi connectivity index (χ1n) is 23.3. The molecule has 0 amide bonds. The van der Waals surface area contributed by atoms with Gasteiger partial charge in [-0.15, -0.1) is 0 Å². The number of piperazine rings is 2. The van der Waals surface area contributed by atoms with Crippen LogP contribution < -0.4 is 0 Å². The summed E-state index contributed by atoms with van der Waals surface area (Å²) >= 11 is 0. The van der Waals surface area contributed by atoms with Gasteiger partial charge in [0.15, 0.2) is 0 Å².